The summed E-state index contributed by atoms with van der Waals surface area (Å²) in [5.74, 6) is -0.0505. The van der Waals surface area contributed by atoms with Crippen molar-refractivity contribution in [3.05, 3.63) is 82.6 Å². The molecule has 1 atom stereocenters. The number of halogens is 1. The van der Waals surface area contributed by atoms with Gasteiger partial charge in [-0.3, -0.25) is 9.79 Å². The maximum Gasteiger partial charge on any atom is 0.246 e. The first kappa shape index (κ1) is 21.1. The number of carbonyl (C=O) groups excluding carboxylic acids is 1. The number of likely N-dealkylation sites (tertiary alicyclic amines) is 1. The highest BCUT2D eigenvalue weighted by atomic mass is 35.5. The molecule has 152 valence electrons. The van der Waals surface area contributed by atoms with Gasteiger partial charge in [0.25, 0.3) is 0 Å². The first-order chi connectivity index (χ1) is 13.9. The summed E-state index contributed by atoms with van der Waals surface area (Å²) in [6, 6.07) is 5.97. The van der Waals surface area contributed by atoms with Crippen molar-refractivity contribution in [2.75, 3.05) is 20.1 Å². The normalized spacial score (nSPS) is 24.1. The highest BCUT2D eigenvalue weighted by Gasteiger charge is 2.42. The highest BCUT2D eigenvalue weighted by Crippen LogP contribution is 2.37. The molecule has 1 aromatic carbocycles. The smallest absolute Gasteiger partial charge is 0.246 e. The highest BCUT2D eigenvalue weighted by molar-refractivity contribution is 6.31. The van der Waals surface area contributed by atoms with Crippen LogP contribution in [-0.4, -0.2) is 36.7 Å². The number of nitrogens with zero attached hydrogens (tertiary/aromatic N) is 2. The van der Waals surface area contributed by atoms with Crippen LogP contribution in [0.2, 0.25) is 5.02 Å². The molecule has 1 amide bonds. The Hall–Kier alpha value is -2.59. The molecular weight excluding hydrogens is 382 g/mol. The van der Waals surface area contributed by atoms with Gasteiger partial charge in [0.05, 0.1) is 11.3 Å². The topological polar surface area (TPSA) is 44.7 Å². The van der Waals surface area contributed by atoms with Gasteiger partial charge in [-0.1, -0.05) is 49.4 Å². The van der Waals surface area contributed by atoms with Crippen molar-refractivity contribution in [1.29, 1.82) is 0 Å². The summed E-state index contributed by atoms with van der Waals surface area (Å²) in [7, 11) is 1.81. The van der Waals surface area contributed by atoms with Gasteiger partial charge < -0.3 is 10.2 Å². The summed E-state index contributed by atoms with van der Waals surface area (Å²) in [5.41, 5.74) is 4.78. The summed E-state index contributed by atoms with van der Waals surface area (Å²) in [4.78, 5) is 18.6. The van der Waals surface area contributed by atoms with Crippen LogP contribution in [0.4, 0.5) is 0 Å². The third-order valence-electron chi connectivity index (χ3n) is 5.62. The van der Waals surface area contributed by atoms with Crippen molar-refractivity contribution in [3.8, 4) is 0 Å². The molecular formula is C24H28ClN3O. The molecule has 1 N–H and O–H groups in total. The lowest BCUT2D eigenvalue weighted by Crippen LogP contribution is -2.45. The Balaban J connectivity index is 2.01. The molecule has 0 bridgehead atoms. The number of allylic oxidation sites excluding steroid dienone is 5. The molecule has 29 heavy (non-hydrogen) atoms. The zero-order valence-corrected chi connectivity index (χ0v) is 18.1. The molecule has 1 heterocycles. The second kappa shape index (κ2) is 8.83. The van der Waals surface area contributed by atoms with Crippen molar-refractivity contribution >= 4 is 23.2 Å². The van der Waals surface area contributed by atoms with E-state index in [4.69, 9.17) is 11.6 Å². The maximum absolute atomic E-state index is 12.3. The number of hydrogen-bond acceptors (Lipinski definition) is 3. The number of nitrogens with one attached hydrogen (secondary N) is 1. The average molecular weight is 410 g/mol. The van der Waals surface area contributed by atoms with E-state index in [1.165, 1.54) is 6.08 Å². The molecule has 4 nitrogen and oxygen atoms in total. The number of aliphatic imine (C=N–C) groups is 1. The predicted molar refractivity (Wildman–Crippen MR) is 121 cm³/mol. The van der Waals surface area contributed by atoms with Gasteiger partial charge in [-0.2, -0.15) is 0 Å². The van der Waals surface area contributed by atoms with Gasteiger partial charge >= 0.3 is 0 Å². The Morgan fingerprint density at radius 3 is 2.90 bits per heavy atom. The Morgan fingerprint density at radius 1 is 1.41 bits per heavy atom. The molecule has 3 rings (SSSR count). The van der Waals surface area contributed by atoms with Crippen LogP contribution < -0.4 is 5.32 Å². The molecule has 1 aliphatic carbocycles. The standard InChI is InChI=1S/C24H28ClN3O/c1-5-8-18-11-12-19(15-22(18)26-4)27-24(13-14-28(16-24)23(29)6-2)20-9-7-10-21(25)17(20)3/h6-12,15,27H,2,5,13-14,16H2,1,3-4H3/b18-8-,26-22?. The lowest BCUT2D eigenvalue weighted by atomic mass is 9.85. The fourth-order valence-corrected chi connectivity index (χ4v) is 4.30. The van der Waals surface area contributed by atoms with Crippen LogP contribution in [0.15, 0.2) is 71.4 Å². The average Bonchev–Trinajstić information content (AvgIpc) is 3.15. The summed E-state index contributed by atoms with van der Waals surface area (Å²) in [6.45, 7) is 9.01. The Morgan fingerprint density at radius 2 is 2.21 bits per heavy atom. The van der Waals surface area contributed by atoms with Crippen LogP contribution in [0.3, 0.4) is 0 Å². The molecule has 1 fully saturated rings. The van der Waals surface area contributed by atoms with Crippen LogP contribution in [0.1, 0.15) is 30.9 Å². The zero-order chi connectivity index (χ0) is 21.0. The van der Waals surface area contributed by atoms with E-state index in [1.807, 2.05) is 31.0 Å². The summed E-state index contributed by atoms with van der Waals surface area (Å²) >= 11 is 6.44. The fourth-order valence-electron chi connectivity index (χ4n) is 4.13. The predicted octanol–water partition coefficient (Wildman–Crippen LogP) is 4.71. The van der Waals surface area contributed by atoms with Gasteiger partial charge in [0.2, 0.25) is 5.91 Å². The van der Waals surface area contributed by atoms with Crippen molar-refractivity contribution in [3.63, 3.8) is 0 Å². The third-order valence-corrected chi connectivity index (χ3v) is 6.03. The van der Waals surface area contributed by atoms with Crippen LogP contribution in [0.5, 0.6) is 0 Å². The van der Waals surface area contributed by atoms with Gasteiger partial charge in [0.1, 0.15) is 0 Å². The minimum absolute atomic E-state index is 0.0505. The van der Waals surface area contributed by atoms with Crippen LogP contribution in [0, 0.1) is 6.92 Å². The van der Waals surface area contributed by atoms with Crippen LogP contribution in [0.25, 0.3) is 0 Å². The van der Waals surface area contributed by atoms with Crippen molar-refractivity contribution in [1.82, 2.24) is 10.2 Å². The molecule has 5 heteroatoms. The van der Waals surface area contributed by atoms with Gasteiger partial charge in [0.15, 0.2) is 0 Å². The molecule has 2 aliphatic rings. The summed E-state index contributed by atoms with van der Waals surface area (Å²) in [6.07, 6.45) is 11.5. The molecule has 0 radical (unpaired) electrons. The quantitative estimate of drug-likeness (QED) is 0.715. The lowest BCUT2D eigenvalue weighted by molar-refractivity contribution is -0.125. The van der Waals surface area contributed by atoms with Crippen LogP contribution >= 0.6 is 11.6 Å². The largest absolute Gasteiger partial charge is 0.374 e. The number of benzene rings is 1. The Kier molecular flexibility index (Phi) is 6.43. The first-order valence-corrected chi connectivity index (χ1v) is 10.3. The second-order valence-electron chi connectivity index (χ2n) is 7.44. The van der Waals surface area contributed by atoms with E-state index >= 15 is 0 Å². The van der Waals surface area contributed by atoms with E-state index in [0.29, 0.717) is 13.1 Å². The molecule has 0 aromatic heterocycles. The maximum atomic E-state index is 12.3. The summed E-state index contributed by atoms with van der Waals surface area (Å²) in [5, 5.41) is 4.46. The lowest BCUT2D eigenvalue weighted by Gasteiger charge is -2.35. The van der Waals surface area contributed by atoms with Gasteiger partial charge in [0, 0.05) is 30.9 Å². The van der Waals surface area contributed by atoms with E-state index in [0.717, 1.165) is 46.0 Å². The minimum Gasteiger partial charge on any atom is -0.374 e. The molecule has 1 aliphatic heterocycles. The minimum atomic E-state index is -0.422. The number of carbonyl (C=O) groups is 1. The van der Waals surface area contributed by atoms with Gasteiger partial charge in [-0.15, -0.1) is 0 Å². The van der Waals surface area contributed by atoms with Crippen molar-refractivity contribution in [2.45, 2.75) is 32.2 Å². The monoisotopic (exact) mass is 409 g/mol. The Labute approximate surface area is 178 Å². The van der Waals surface area contributed by atoms with E-state index < -0.39 is 5.54 Å². The number of hydrogen-bond donors (Lipinski definition) is 1. The van der Waals surface area contributed by atoms with Crippen LogP contribution in [-0.2, 0) is 10.3 Å². The van der Waals surface area contributed by atoms with Gasteiger partial charge in [-0.05, 0) is 60.8 Å². The Bertz CT molecular complexity index is 941. The van der Waals surface area contributed by atoms with E-state index in [-0.39, 0.29) is 5.91 Å². The molecule has 1 aromatic rings. The van der Waals surface area contributed by atoms with E-state index in [1.54, 1.807) is 0 Å². The van der Waals surface area contributed by atoms with E-state index in [9.17, 15) is 4.79 Å². The molecule has 1 unspecified atom stereocenters. The van der Waals surface area contributed by atoms with Gasteiger partial charge in [-0.25, -0.2) is 0 Å². The number of amides is 1. The van der Waals surface area contributed by atoms with Crippen molar-refractivity contribution in [2.24, 2.45) is 4.99 Å². The van der Waals surface area contributed by atoms with Crippen molar-refractivity contribution < 1.29 is 4.79 Å². The summed E-state index contributed by atoms with van der Waals surface area (Å²) < 4.78 is 0. The molecule has 0 saturated carbocycles. The second-order valence-corrected chi connectivity index (χ2v) is 7.85. The zero-order valence-electron chi connectivity index (χ0n) is 17.3. The number of rotatable bonds is 5. The third kappa shape index (κ3) is 4.23. The SMILES string of the molecule is C=CC(=O)N1CCC(NC2=CC(=NC)/C(=C\CC)C=C2)(c2cccc(Cl)c2C)C1. The van der Waals surface area contributed by atoms with E-state index in [2.05, 4.69) is 54.2 Å². The fraction of sp³-hybridized carbons (Fsp3) is 0.333. The molecule has 0 spiro atoms. The first-order valence-electron chi connectivity index (χ1n) is 9.96. The molecule has 1 saturated heterocycles.